The summed E-state index contributed by atoms with van der Waals surface area (Å²) in [7, 11) is -3.43. The first kappa shape index (κ1) is 16.8. The van der Waals surface area contributed by atoms with Crippen molar-refractivity contribution >= 4 is 9.84 Å². The van der Waals surface area contributed by atoms with Crippen LogP contribution in [0, 0.1) is 0 Å². The van der Waals surface area contributed by atoms with E-state index in [1.807, 2.05) is 36.4 Å². The van der Waals surface area contributed by atoms with Gasteiger partial charge < -0.3 is 10.6 Å². The average molecular weight is 356 g/mol. The predicted octanol–water partition coefficient (Wildman–Crippen LogP) is 2.56. The lowest BCUT2D eigenvalue weighted by Crippen LogP contribution is -2.46. The van der Waals surface area contributed by atoms with Gasteiger partial charge in [0.05, 0.1) is 9.79 Å². The van der Waals surface area contributed by atoms with Crippen LogP contribution in [0.25, 0.3) is 0 Å². The summed E-state index contributed by atoms with van der Waals surface area (Å²) in [5.74, 6) is 0. The molecule has 2 aliphatic heterocycles. The Kier molecular flexibility index (Phi) is 4.18. The molecule has 132 valence electrons. The number of hydrogen-bond donors (Lipinski definition) is 1. The molecule has 0 radical (unpaired) electrons. The normalized spacial score (nSPS) is 20.8. The number of hydrogen-bond acceptors (Lipinski definition) is 4. The van der Waals surface area contributed by atoms with E-state index in [2.05, 4.69) is 4.90 Å². The van der Waals surface area contributed by atoms with Crippen molar-refractivity contribution < 1.29 is 8.42 Å². The third-order valence-corrected chi connectivity index (χ3v) is 7.64. The Bertz CT molecular complexity index is 829. The van der Waals surface area contributed by atoms with E-state index in [9.17, 15) is 8.42 Å². The highest BCUT2D eigenvalue weighted by Crippen LogP contribution is 2.50. The van der Waals surface area contributed by atoms with E-state index < -0.39 is 9.84 Å². The van der Waals surface area contributed by atoms with Crippen molar-refractivity contribution in [3.8, 4) is 0 Å². The highest BCUT2D eigenvalue weighted by Gasteiger charge is 2.47. The monoisotopic (exact) mass is 356 g/mol. The van der Waals surface area contributed by atoms with Crippen molar-refractivity contribution in [2.75, 3.05) is 26.2 Å². The maximum atomic E-state index is 13.1. The van der Waals surface area contributed by atoms with Gasteiger partial charge in [0.15, 0.2) is 0 Å². The fourth-order valence-corrected chi connectivity index (χ4v) is 6.33. The van der Waals surface area contributed by atoms with Gasteiger partial charge in [0, 0.05) is 5.41 Å². The molecule has 1 spiro atoms. The van der Waals surface area contributed by atoms with Gasteiger partial charge in [0.2, 0.25) is 9.84 Å². The molecule has 5 heteroatoms. The fraction of sp³-hybridized carbons (Fsp3) is 0.400. The summed E-state index contributed by atoms with van der Waals surface area (Å²) < 4.78 is 26.2. The van der Waals surface area contributed by atoms with Crippen LogP contribution in [0.1, 0.15) is 30.4 Å². The Balaban J connectivity index is 1.82. The van der Waals surface area contributed by atoms with Gasteiger partial charge in [-0.1, -0.05) is 36.4 Å². The molecule has 2 aromatic carbocycles. The third-order valence-electron chi connectivity index (χ3n) is 5.77. The van der Waals surface area contributed by atoms with E-state index in [0.29, 0.717) is 16.3 Å². The fourth-order valence-electron chi connectivity index (χ4n) is 4.47. The zero-order valence-corrected chi connectivity index (χ0v) is 15.1. The molecule has 0 bridgehead atoms. The molecule has 2 aliphatic rings. The van der Waals surface area contributed by atoms with Crippen LogP contribution < -0.4 is 5.73 Å². The van der Waals surface area contributed by atoms with E-state index in [1.54, 1.807) is 12.1 Å². The van der Waals surface area contributed by atoms with Crippen LogP contribution in [-0.4, -0.2) is 39.5 Å². The van der Waals surface area contributed by atoms with E-state index in [-0.39, 0.29) is 5.41 Å². The van der Waals surface area contributed by atoms with Crippen LogP contribution in [0.2, 0.25) is 0 Å². The van der Waals surface area contributed by atoms with Gasteiger partial charge in [-0.2, -0.15) is 0 Å². The highest BCUT2D eigenvalue weighted by molar-refractivity contribution is 7.91. The van der Waals surface area contributed by atoms with Crippen LogP contribution in [0.3, 0.4) is 0 Å². The van der Waals surface area contributed by atoms with Crippen molar-refractivity contribution in [2.24, 2.45) is 5.73 Å². The number of piperidine rings is 1. The molecule has 0 unspecified atom stereocenters. The van der Waals surface area contributed by atoms with Gasteiger partial charge in [-0.15, -0.1) is 0 Å². The number of rotatable bonds is 3. The molecular weight excluding hydrogens is 332 g/mol. The van der Waals surface area contributed by atoms with Crippen LogP contribution in [-0.2, 0) is 15.3 Å². The number of fused-ring (bicyclic) bond motifs is 4. The smallest absolute Gasteiger partial charge is 0.207 e. The van der Waals surface area contributed by atoms with Crippen molar-refractivity contribution in [3.63, 3.8) is 0 Å². The molecular formula is C20H24N2O2S. The minimum absolute atomic E-state index is 0.197. The van der Waals surface area contributed by atoms with Gasteiger partial charge in [-0.25, -0.2) is 8.42 Å². The van der Waals surface area contributed by atoms with Crippen LogP contribution in [0.15, 0.2) is 58.3 Å². The minimum Gasteiger partial charge on any atom is -0.330 e. The third kappa shape index (κ3) is 2.53. The second kappa shape index (κ2) is 6.24. The highest BCUT2D eigenvalue weighted by atomic mass is 32.2. The summed E-state index contributed by atoms with van der Waals surface area (Å²) in [5, 5.41) is 0. The summed E-state index contributed by atoms with van der Waals surface area (Å²) in [5.41, 5.74) is 7.41. The molecule has 2 aromatic rings. The second-order valence-electron chi connectivity index (χ2n) is 7.06. The minimum atomic E-state index is -3.43. The predicted molar refractivity (Wildman–Crippen MR) is 98.5 cm³/mol. The molecule has 0 aromatic heterocycles. The van der Waals surface area contributed by atoms with Crippen molar-refractivity contribution in [1.29, 1.82) is 0 Å². The lowest BCUT2D eigenvalue weighted by Gasteiger charge is -2.46. The summed E-state index contributed by atoms with van der Waals surface area (Å²) >= 11 is 0. The molecule has 0 atom stereocenters. The first-order valence-electron chi connectivity index (χ1n) is 8.96. The lowest BCUT2D eigenvalue weighted by molar-refractivity contribution is 0.174. The number of nitrogens with zero attached hydrogens (tertiary/aromatic N) is 1. The van der Waals surface area contributed by atoms with Gasteiger partial charge in [0.1, 0.15) is 0 Å². The van der Waals surface area contributed by atoms with Crippen LogP contribution >= 0.6 is 0 Å². The SMILES string of the molecule is NCCCN1CCC2(CC1)c1ccccc1S(=O)(=O)c1ccccc12. The van der Waals surface area contributed by atoms with Crippen molar-refractivity contribution in [2.45, 2.75) is 34.5 Å². The Morgan fingerprint density at radius 3 is 1.96 bits per heavy atom. The Morgan fingerprint density at radius 1 is 0.920 bits per heavy atom. The zero-order chi connectivity index (χ0) is 17.5. The summed E-state index contributed by atoms with van der Waals surface area (Å²) in [6.45, 7) is 3.69. The average Bonchev–Trinajstić information content (AvgIpc) is 2.66. The quantitative estimate of drug-likeness (QED) is 0.918. The summed E-state index contributed by atoms with van der Waals surface area (Å²) in [6, 6.07) is 15.1. The van der Waals surface area contributed by atoms with E-state index in [1.165, 1.54) is 0 Å². The zero-order valence-electron chi connectivity index (χ0n) is 14.3. The Hall–Kier alpha value is -1.69. The number of sulfone groups is 1. The first-order chi connectivity index (χ1) is 12.1. The molecule has 0 saturated carbocycles. The topological polar surface area (TPSA) is 63.4 Å². The standard InChI is InChI=1S/C20H24N2O2S/c21-12-5-13-22-14-10-20(11-15-22)16-6-1-3-8-18(16)25(23,24)19-9-4-2-7-17(19)20/h1-4,6-9H,5,10-15,21H2. The van der Waals surface area contributed by atoms with Crippen LogP contribution in [0.5, 0.6) is 0 Å². The van der Waals surface area contributed by atoms with Gasteiger partial charge in [-0.05, 0) is 68.7 Å². The van der Waals surface area contributed by atoms with Crippen molar-refractivity contribution in [3.05, 3.63) is 59.7 Å². The summed E-state index contributed by atoms with van der Waals surface area (Å²) in [6.07, 6.45) is 2.90. The second-order valence-corrected chi connectivity index (χ2v) is 8.95. The van der Waals surface area contributed by atoms with Gasteiger partial charge in [0.25, 0.3) is 0 Å². The molecule has 4 rings (SSSR count). The summed E-state index contributed by atoms with van der Waals surface area (Å²) in [4.78, 5) is 3.43. The Labute approximate surface area is 149 Å². The molecule has 0 amide bonds. The molecule has 1 saturated heterocycles. The molecule has 0 aliphatic carbocycles. The molecule has 1 fully saturated rings. The first-order valence-corrected chi connectivity index (χ1v) is 10.4. The Morgan fingerprint density at radius 2 is 1.44 bits per heavy atom. The number of likely N-dealkylation sites (tertiary alicyclic amines) is 1. The van der Waals surface area contributed by atoms with Gasteiger partial charge >= 0.3 is 0 Å². The molecule has 4 nitrogen and oxygen atoms in total. The number of benzene rings is 2. The molecule has 25 heavy (non-hydrogen) atoms. The number of nitrogens with two attached hydrogens (primary N) is 1. The van der Waals surface area contributed by atoms with E-state index in [4.69, 9.17) is 5.73 Å². The van der Waals surface area contributed by atoms with E-state index >= 15 is 0 Å². The maximum Gasteiger partial charge on any atom is 0.207 e. The maximum absolute atomic E-state index is 13.1. The molecule has 2 N–H and O–H groups in total. The molecule has 2 heterocycles. The lowest BCUT2D eigenvalue weighted by atomic mass is 9.67. The van der Waals surface area contributed by atoms with E-state index in [0.717, 1.165) is 50.0 Å². The van der Waals surface area contributed by atoms with Crippen LogP contribution in [0.4, 0.5) is 0 Å². The van der Waals surface area contributed by atoms with Crippen molar-refractivity contribution in [1.82, 2.24) is 4.90 Å². The largest absolute Gasteiger partial charge is 0.330 e. The van der Waals surface area contributed by atoms with Gasteiger partial charge in [-0.3, -0.25) is 0 Å².